The third-order valence-electron chi connectivity index (χ3n) is 3.22. The molecule has 1 unspecified atom stereocenters. The van der Waals surface area contributed by atoms with Crippen LogP contribution < -0.4 is 0 Å². The van der Waals surface area contributed by atoms with E-state index in [-0.39, 0.29) is 12.1 Å². The smallest absolute Gasteiger partial charge is 0.115 e. The molecule has 1 aliphatic rings. The molecule has 2 rings (SSSR count). The van der Waals surface area contributed by atoms with Crippen molar-refractivity contribution >= 4 is 0 Å². The fourth-order valence-electron chi connectivity index (χ4n) is 2.29. The number of hydrogen-bond donors (Lipinski definition) is 0. The first-order valence-corrected chi connectivity index (χ1v) is 5.56. The van der Waals surface area contributed by atoms with E-state index in [0.717, 1.165) is 5.56 Å². The zero-order chi connectivity index (χ0) is 11.5. The minimum Gasteiger partial charge on any atom is -0.278 e. The van der Waals surface area contributed by atoms with Gasteiger partial charge in [-0.25, -0.2) is 4.39 Å². The topological polar surface area (TPSA) is 27.0 Å². The third kappa shape index (κ3) is 2.07. The maximum atomic E-state index is 13.3. The molecule has 84 valence electrons. The van der Waals surface area contributed by atoms with Gasteiger partial charge in [0, 0.05) is 19.0 Å². The maximum absolute atomic E-state index is 13.3. The highest BCUT2D eigenvalue weighted by Gasteiger charge is 2.35. The Bertz CT molecular complexity index is 385. The van der Waals surface area contributed by atoms with Crippen LogP contribution in [0.4, 0.5) is 4.39 Å². The van der Waals surface area contributed by atoms with Crippen molar-refractivity contribution in [2.75, 3.05) is 6.54 Å². The van der Waals surface area contributed by atoms with Crippen LogP contribution in [0.2, 0.25) is 0 Å². The van der Waals surface area contributed by atoms with Crippen molar-refractivity contribution in [3.63, 3.8) is 0 Å². The first-order valence-electron chi connectivity index (χ1n) is 5.56. The number of benzene rings is 1. The Balaban J connectivity index is 2.16. The Kier molecular flexibility index (Phi) is 3.21. The minimum absolute atomic E-state index is 0.103. The molecule has 0 bridgehead atoms. The second kappa shape index (κ2) is 4.63. The number of nitriles is 1. The molecule has 1 aliphatic heterocycles. The molecule has 1 fully saturated rings. The molecule has 0 spiro atoms. The van der Waals surface area contributed by atoms with E-state index in [1.165, 1.54) is 0 Å². The van der Waals surface area contributed by atoms with Crippen molar-refractivity contribution in [1.82, 2.24) is 4.90 Å². The van der Waals surface area contributed by atoms with Crippen LogP contribution in [0.5, 0.6) is 0 Å². The SMILES string of the molecule is CC(c1ccccc1)N1C[C@@H](F)C[C@H]1C#N. The fraction of sp³-hybridized carbons (Fsp3) is 0.462. The Hall–Kier alpha value is -1.40. The van der Waals surface area contributed by atoms with E-state index < -0.39 is 6.17 Å². The molecular weight excluding hydrogens is 203 g/mol. The number of halogens is 1. The molecule has 3 atom stereocenters. The zero-order valence-electron chi connectivity index (χ0n) is 9.31. The average molecular weight is 218 g/mol. The van der Waals surface area contributed by atoms with Crippen LogP contribution in [0, 0.1) is 11.3 Å². The number of alkyl halides is 1. The Morgan fingerprint density at radius 2 is 2.12 bits per heavy atom. The quantitative estimate of drug-likeness (QED) is 0.763. The van der Waals surface area contributed by atoms with Gasteiger partial charge in [0.2, 0.25) is 0 Å². The van der Waals surface area contributed by atoms with Crippen LogP contribution in [-0.2, 0) is 0 Å². The van der Waals surface area contributed by atoms with Crippen molar-refractivity contribution in [3.8, 4) is 6.07 Å². The van der Waals surface area contributed by atoms with Gasteiger partial charge in [0.15, 0.2) is 0 Å². The van der Waals surface area contributed by atoms with E-state index in [4.69, 9.17) is 5.26 Å². The Morgan fingerprint density at radius 3 is 2.75 bits per heavy atom. The van der Waals surface area contributed by atoms with Gasteiger partial charge in [0.25, 0.3) is 0 Å². The molecule has 0 aliphatic carbocycles. The van der Waals surface area contributed by atoms with Crippen molar-refractivity contribution in [3.05, 3.63) is 35.9 Å². The molecule has 3 heteroatoms. The molecule has 0 aromatic heterocycles. The summed E-state index contributed by atoms with van der Waals surface area (Å²) < 4.78 is 13.3. The Morgan fingerprint density at radius 1 is 1.44 bits per heavy atom. The summed E-state index contributed by atoms with van der Waals surface area (Å²) >= 11 is 0. The van der Waals surface area contributed by atoms with Crippen molar-refractivity contribution in [2.45, 2.75) is 31.6 Å². The highest BCUT2D eigenvalue weighted by Crippen LogP contribution is 2.29. The van der Waals surface area contributed by atoms with E-state index in [1.54, 1.807) is 0 Å². The predicted molar refractivity (Wildman–Crippen MR) is 60.5 cm³/mol. The molecule has 2 nitrogen and oxygen atoms in total. The predicted octanol–water partition coefficient (Wildman–Crippen LogP) is 2.68. The number of rotatable bonds is 2. The molecule has 1 aromatic carbocycles. The molecule has 0 radical (unpaired) electrons. The van der Waals surface area contributed by atoms with Gasteiger partial charge in [0.1, 0.15) is 12.2 Å². The standard InChI is InChI=1S/C13H15FN2/c1-10(11-5-3-2-4-6-11)16-9-12(14)7-13(16)8-15/h2-6,10,12-13H,7,9H2,1H3/t10?,12-,13-/m0/s1. The molecule has 1 aromatic rings. The van der Waals surface area contributed by atoms with E-state index in [2.05, 4.69) is 6.07 Å². The summed E-state index contributed by atoms with van der Waals surface area (Å²) in [5.41, 5.74) is 1.14. The van der Waals surface area contributed by atoms with E-state index >= 15 is 0 Å². The van der Waals surface area contributed by atoms with Gasteiger partial charge in [-0.05, 0) is 12.5 Å². The monoisotopic (exact) mass is 218 g/mol. The molecule has 1 saturated heterocycles. The highest BCUT2D eigenvalue weighted by atomic mass is 19.1. The first kappa shape index (κ1) is 11.1. The van der Waals surface area contributed by atoms with Crippen LogP contribution in [0.25, 0.3) is 0 Å². The second-order valence-electron chi connectivity index (χ2n) is 4.26. The van der Waals surface area contributed by atoms with Gasteiger partial charge >= 0.3 is 0 Å². The zero-order valence-corrected chi connectivity index (χ0v) is 9.31. The van der Waals surface area contributed by atoms with Crippen LogP contribution in [-0.4, -0.2) is 23.7 Å². The van der Waals surface area contributed by atoms with Gasteiger partial charge in [-0.1, -0.05) is 30.3 Å². The summed E-state index contributed by atoms with van der Waals surface area (Å²) in [4.78, 5) is 1.94. The van der Waals surface area contributed by atoms with Gasteiger partial charge in [-0.3, -0.25) is 4.90 Å². The molecule has 0 saturated carbocycles. The number of nitrogens with zero attached hydrogens (tertiary/aromatic N) is 2. The fourth-order valence-corrected chi connectivity index (χ4v) is 2.29. The van der Waals surface area contributed by atoms with Crippen molar-refractivity contribution in [2.24, 2.45) is 0 Å². The molecule has 0 N–H and O–H groups in total. The van der Waals surface area contributed by atoms with Crippen molar-refractivity contribution in [1.29, 1.82) is 5.26 Å². The lowest BCUT2D eigenvalue weighted by molar-refractivity contribution is 0.211. The van der Waals surface area contributed by atoms with E-state index in [9.17, 15) is 4.39 Å². The summed E-state index contributed by atoms with van der Waals surface area (Å²) in [5, 5.41) is 8.99. The molecule has 16 heavy (non-hydrogen) atoms. The lowest BCUT2D eigenvalue weighted by atomic mass is 10.1. The van der Waals surface area contributed by atoms with Crippen molar-refractivity contribution < 1.29 is 4.39 Å². The lowest BCUT2D eigenvalue weighted by Gasteiger charge is -2.26. The first-order chi connectivity index (χ1) is 7.72. The summed E-state index contributed by atoms with van der Waals surface area (Å²) in [5.74, 6) is 0. The van der Waals surface area contributed by atoms with Crippen LogP contribution in [0.3, 0.4) is 0 Å². The molecule has 0 amide bonds. The largest absolute Gasteiger partial charge is 0.278 e. The summed E-state index contributed by atoms with van der Waals surface area (Å²) in [6.45, 7) is 2.39. The van der Waals surface area contributed by atoms with Crippen LogP contribution in [0.15, 0.2) is 30.3 Å². The average Bonchev–Trinajstić information content (AvgIpc) is 2.70. The van der Waals surface area contributed by atoms with Gasteiger partial charge in [0.05, 0.1) is 6.07 Å². The summed E-state index contributed by atoms with van der Waals surface area (Å²) in [6.07, 6.45) is -0.524. The lowest BCUT2D eigenvalue weighted by Crippen LogP contribution is -2.31. The van der Waals surface area contributed by atoms with Gasteiger partial charge in [-0.2, -0.15) is 5.26 Å². The number of hydrogen-bond acceptors (Lipinski definition) is 2. The highest BCUT2D eigenvalue weighted by molar-refractivity contribution is 5.20. The van der Waals surface area contributed by atoms with Gasteiger partial charge in [-0.15, -0.1) is 0 Å². The summed E-state index contributed by atoms with van der Waals surface area (Å²) in [7, 11) is 0. The normalized spacial score (nSPS) is 27.6. The molecule has 1 heterocycles. The van der Waals surface area contributed by atoms with E-state index in [1.807, 2.05) is 42.2 Å². The third-order valence-corrected chi connectivity index (χ3v) is 3.22. The van der Waals surface area contributed by atoms with E-state index in [0.29, 0.717) is 13.0 Å². The van der Waals surface area contributed by atoms with Crippen LogP contribution in [0.1, 0.15) is 24.9 Å². The van der Waals surface area contributed by atoms with Gasteiger partial charge < -0.3 is 0 Å². The number of likely N-dealkylation sites (tertiary alicyclic amines) is 1. The molecular formula is C13H15FN2. The van der Waals surface area contributed by atoms with Crippen LogP contribution >= 0.6 is 0 Å². The minimum atomic E-state index is -0.865. The Labute approximate surface area is 95.3 Å². The maximum Gasteiger partial charge on any atom is 0.115 e. The second-order valence-corrected chi connectivity index (χ2v) is 4.26. The summed E-state index contributed by atoms with van der Waals surface area (Å²) in [6, 6.07) is 11.9.